The summed E-state index contributed by atoms with van der Waals surface area (Å²) in [5, 5.41) is 13.1. The summed E-state index contributed by atoms with van der Waals surface area (Å²) in [7, 11) is 0. The highest BCUT2D eigenvalue weighted by Crippen LogP contribution is 2.30. The van der Waals surface area contributed by atoms with Crippen molar-refractivity contribution < 1.29 is 24.2 Å². The number of phenolic OH excluding ortho intramolecular Hbond substituents is 1. The SMILES string of the molecule is CC(C)(C)OC(=O)N1CCCC(C(=O)Nc2cccc(-c3cc(N4CCOCC4)nc(-c4cccc(O)c4)n3)c2)C1. The maximum atomic E-state index is 13.2. The van der Waals surface area contributed by atoms with Crippen molar-refractivity contribution in [2.24, 2.45) is 5.92 Å². The summed E-state index contributed by atoms with van der Waals surface area (Å²) in [6.45, 7) is 9.07. The third-order valence-electron chi connectivity index (χ3n) is 7.02. The van der Waals surface area contributed by atoms with Crippen LogP contribution < -0.4 is 10.2 Å². The molecule has 2 aromatic carbocycles. The molecule has 0 spiro atoms. The van der Waals surface area contributed by atoms with Crippen molar-refractivity contribution in [2.45, 2.75) is 39.2 Å². The molecule has 0 saturated carbocycles. The molecule has 0 bridgehead atoms. The van der Waals surface area contributed by atoms with E-state index in [0.717, 1.165) is 17.8 Å². The molecule has 2 aliphatic heterocycles. The van der Waals surface area contributed by atoms with Gasteiger partial charge >= 0.3 is 6.09 Å². The van der Waals surface area contributed by atoms with E-state index in [1.807, 2.05) is 57.2 Å². The molecule has 41 heavy (non-hydrogen) atoms. The van der Waals surface area contributed by atoms with Gasteiger partial charge in [-0.15, -0.1) is 0 Å². The Balaban J connectivity index is 1.37. The topological polar surface area (TPSA) is 117 Å². The van der Waals surface area contributed by atoms with Crippen LogP contribution >= 0.6 is 0 Å². The van der Waals surface area contributed by atoms with Gasteiger partial charge in [0.2, 0.25) is 5.91 Å². The zero-order chi connectivity index (χ0) is 29.0. The van der Waals surface area contributed by atoms with Gasteiger partial charge in [-0.05, 0) is 57.9 Å². The molecular formula is C31H37N5O5. The van der Waals surface area contributed by atoms with Crippen LogP contribution in [0.4, 0.5) is 16.3 Å². The van der Waals surface area contributed by atoms with E-state index in [9.17, 15) is 14.7 Å². The van der Waals surface area contributed by atoms with Crippen molar-refractivity contribution in [2.75, 3.05) is 49.6 Å². The average molecular weight is 560 g/mol. The number of nitrogens with one attached hydrogen (secondary N) is 1. The van der Waals surface area contributed by atoms with Crippen molar-refractivity contribution >= 4 is 23.5 Å². The highest BCUT2D eigenvalue weighted by atomic mass is 16.6. The van der Waals surface area contributed by atoms with Crippen molar-refractivity contribution in [3.05, 3.63) is 54.6 Å². The number of anilines is 2. The number of piperidine rings is 1. The van der Waals surface area contributed by atoms with Gasteiger partial charge in [-0.3, -0.25) is 4.79 Å². The van der Waals surface area contributed by atoms with E-state index in [-0.39, 0.29) is 23.7 Å². The number of carbonyl (C=O) groups excluding carboxylic acids is 2. The largest absolute Gasteiger partial charge is 0.508 e. The minimum Gasteiger partial charge on any atom is -0.508 e. The first-order valence-electron chi connectivity index (χ1n) is 14.0. The summed E-state index contributed by atoms with van der Waals surface area (Å²) in [5.74, 6) is 0.952. The molecular weight excluding hydrogens is 522 g/mol. The average Bonchev–Trinajstić information content (AvgIpc) is 2.97. The van der Waals surface area contributed by atoms with Gasteiger partial charge in [0.05, 0.1) is 24.8 Å². The maximum Gasteiger partial charge on any atom is 0.410 e. The van der Waals surface area contributed by atoms with Crippen LogP contribution in [0.3, 0.4) is 0 Å². The van der Waals surface area contributed by atoms with E-state index >= 15 is 0 Å². The first-order chi connectivity index (χ1) is 19.6. The van der Waals surface area contributed by atoms with E-state index in [1.165, 1.54) is 0 Å². The lowest BCUT2D eigenvalue weighted by Gasteiger charge is -2.33. The van der Waals surface area contributed by atoms with Crippen LogP contribution in [0, 0.1) is 5.92 Å². The first kappa shape index (κ1) is 28.4. The van der Waals surface area contributed by atoms with Gasteiger partial charge in [-0.1, -0.05) is 24.3 Å². The molecule has 2 aliphatic rings. The van der Waals surface area contributed by atoms with Gasteiger partial charge in [-0.2, -0.15) is 0 Å². The van der Waals surface area contributed by atoms with Crippen LogP contribution in [-0.2, 0) is 14.3 Å². The van der Waals surface area contributed by atoms with Crippen LogP contribution in [0.15, 0.2) is 54.6 Å². The molecule has 1 atom stereocenters. The maximum absolute atomic E-state index is 13.2. The standard InChI is InChI=1S/C31H37N5O5/c1-31(2,3)41-30(39)36-12-6-9-23(20-36)29(38)32-24-10-4-7-21(17-24)26-19-27(35-13-15-40-16-14-35)34-28(33-26)22-8-5-11-25(37)18-22/h4-5,7-8,10-11,17-19,23,37H,6,9,12-16,20H2,1-3H3,(H,32,38). The summed E-state index contributed by atoms with van der Waals surface area (Å²) in [4.78, 5) is 39.2. The van der Waals surface area contributed by atoms with Gasteiger partial charge in [0, 0.05) is 49.1 Å². The number of likely N-dealkylation sites (tertiary alicyclic amines) is 1. The van der Waals surface area contributed by atoms with E-state index in [4.69, 9.17) is 19.4 Å². The molecule has 5 rings (SSSR count). The first-order valence-corrected chi connectivity index (χ1v) is 14.0. The second kappa shape index (κ2) is 12.1. The predicted octanol–water partition coefficient (Wildman–Crippen LogP) is 4.94. The van der Waals surface area contributed by atoms with Crippen molar-refractivity contribution in [1.82, 2.24) is 14.9 Å². The Morgan fingerprint density at radius 2 is 1.76 bits per heavy atom. The van der Waals surface area contributed by atoms with Gasteiger partial charge in [0.15, 0.2) is 5.82 Å². The third-order valence-corrected chi connectivity index (χ3v) is 7.02. The minimum absolute atomic E-state index is 0.132. The quantitative estimate of drug-likeness (QED) is 0.452. The fourth-order valence-corrected chi connectivity index (χ4v) is 4.99. The van der Waals surface area contributed by atoms with Crippen LogP contribution in [0.25, 0.3) is 22.6 Å². The van der Waals surface area contributed by atoms with Crippen LogP contribution in [0.2, 0.25) is 0 Å². The zero-order valence-corrected chi connectivity index (χ0v) is 23.8. The molecule has 3 heterocycles. The monoisotopic (exact) mass is 559 g/mol. The number of ether oxygens (including phenoxy) is 2. The van der Waals surface area contributed by atoms with E-state index in [1.54, 1.807) is 23.1 Å². The Labute approximate surface area is 240 Å². The lowest BCUT2D eigenvalue weighted by atomic mass is 9.97. The highest BCUT2D eigenvalue weighted by Gasteiger charge is 2.31. The summed E-state index contributed by atoms with van der Waals surface area (Å²) in [6.07, 6.45) is 1.05. The number of carbonyl (C=O) groups is 2. The molecule has 216 valence electrons. The third kappa shape index (κ3) is 7.32. The number of hydrogen-bond acceptors (Lipinski definition) is 8. The number of morpholine rings is 1. The summed E-state index contributed by atoms with van der Waals surface area (Å²) in [6, 6.07) is 16.4. The fourth-order valence-electron chi connectivity index (χ4n) is 4.99. The molecule has 1 aromatic heterocycles. The van der Waals surface area contributed by atoms with Gasteiger partial charge < -0.3 is 29.7 Å². The Morgan fingerprint density at radius 3 is 2.51 bits per heavy atom. The molecule has 2 amide bonds. The van der Waals surface area contributed by atoms with Crippen LogP contribution in [0.5, 0.6) is 5.75 Å². The summed E-state index contributed by atoms with van der Waals surface area (Å²) < 4.78 is 11.0. The molecule has 1 unspecified atom stereocenters. The Bertz CT molecular complexity index is 1400. The second-order valence-corrected chi connectivity index (χ2v) is 11.4. The number of benzene rings is 2. The summed E-state index contributed by atoms with van der Waals surface area (Å²) in [5.41, 5.74) is 2.28. The molecule has 10 heteroatoms. The number of phenols is 1. The van der Waals surface area contributed by atoms with Gasteiger partial charge in [0.25, 0.3) is 0 Å². The molecule has 0 aliphatic carbocycles. The van der Waals surface area contributed by atoms with E-state index in [0.29, 0.717) is 68.6 Å². The number of aromatic hydroxyl groups is 1. The minimum atomic E-state index is -0.587. The predicted molar refractivity (Wildman–Crippen MR) is 157 cm³/mol. The van der Waals surface area contributed by atoms with Crippen LogP contribution in [-0.4, -0.2) is 77.0 Å². The van der Waals surface area contributed by atoms with Crippen LogP contribution in [0.1, 0.15) is 33.6 Å². The Hall–Kier alpha value is -4.18. The van der Waals surface area contributed by atoms with Gasteiger partial charge in [-0.25, -0.2) is 14.8 Å². The van der Waals surface area contributed by atoms with E-state index < -0.39 is 5.60 Å². The Morgan fingerprint density at radius 1 is 1.00 bits per heavy atom. The van der Waals surface area contributed by atoms with Crippen molar-refractivity contribution in [3.8, 4) is 28.4 Å². The number of rotatable bonds is 5. The van der Waals surface area contributed by atoms with Crippen molar-refractivity contribution in [3.63, 3.8) is 0 Å². The lowest BCUT2D eigenvalue weighted by molar-refractivity contribution is -0.121. The Kier molecular flexibility index (Phi) is 8.39. The number of hydrogen-bond donors (Lipinski definition) is 2. The smallest absolute Gasteiger partial charge is 0.410 e. The summed E-state index contributed by atoms with van der Waals surface area (Å²) >= 11 is 0. The number of amides is 2. The molecule has 10 nitrogen and oxygen atoms in total. The van der Waals surface area contributed by atoms with Crippen molar-refractivity contribution in [1.29, 1.82) is 0 Å². The van der Waals surface area contributed by atoms with Gasteiger partial charge in [0.1, 0.15) is 17.2 Å². The molecule has 2 N–H and O–H groups in total. The second-order valence-electron chi connectivity index (χ2n) is 11.4. The number of aromatic nitrogens is 2. The molecule has 0 radical (unpaired) electrons. The van der Waals surface area contributed by atoms with E-state index in [2.05, 4.69) is 10.2 Å². The number of nitrogens with zero attached hydrogens (tertiary/aromatic N) is 4. The molecule has 2 fully saturated rings. The molecule has 3 aromatic rings. The fraction of sp³-hybridized carbons (Fsp3) is 0.419. The highest BCUT2D eigenvalue weighted by molar-refractivity contribution is 5.93. The zero-order valence-electron chi connectivity index (χ0n) is 23.8. The normalized spacial score (nSPS) is 17.7. The lowest BCUT2D eigenvalue weighted by Crippen LogP contribution is -2.45. The molecule has 2 saturated heterocycles.